The SMILES string of the molecule is [K+].[K+].[K+].[O]=[Cr](=[O])([O-])[O][Cr](=[O])(=[O])[O-].[O]=[Cr](=[O])([O-])[O][Cr](=[O])(=[O])[O-].[O]=[Cr](=[O])([O-])[O][Cr](=[O])(=[O])[O-].[O]=[Cr](=[O])([O-])[O][Cr](=[O])(=[O])[O-].[O]=[Cr](=[O])([O-])[O][Cr](=[O])(=[O])[O-].[O]=[Cr](=[O])([O-])[O][Cr](=[O])(=[O])[O-].[O]=[Cr](=[O])([O-])[O][Cr](=[O])(=[O])[O-].[O]=[Cr](=[O])([O-])[O][Cr](=[O])(=[O])[O-].[O]=[Cr](=[O])([O-])[O][Cr](=[O])(=[O])[O-].[O]=[Cr](=[O])([O-])[O][Cr](=[O])(=[O])[O-]. The standard InChI is InChI=1S/20Cr.3K.70O/q;;;;;;;;;;;;;;;;;;;;3*+1;;;;;;;;;;;;;;;;;;;;;;;;;;;;;;;;;;;;;;;;;;;;;;;;;;;20*-1. The average molecular weight is 2280 g/mol. The van der Waals surface area contributed by atoms with Crippen molar-refractivity contribution in [1.29, 1.82) is 0 Å². The van der Waals surface area contributed by atoms with E-state index in [1.165, 1.54) is 0 Å². The summed E-state index contributed by atoms with van der Waals surface area (Å²) < 4.78 is 589. The first-order valence-electron chi connectivity index (χ1n) is 13.3. The molecule has 0 radical (unpaired) electrons. The first-order chi connectivity index (χ1) is 37.1. The van der Waals surface area contributed by atoms with Crippen LogP contribution >= 0.6 is 0 Å². The van der Waals surface area contributed by atoms with Crippen molar-refractivity contribution in [3.8, 4) is 0 Å². The summed E-state index contributed by atoms with van der Waals surface area (Å²) in [4.78, 5) is 0. The van der Waals surface area contributed by atoms with E-state index in [4.69, 9.17) is 0 Å². The molecule has 93 heavy (non-hydrogen) atoms. The van der Waals surface area contributed by atoms with E-state index >= 15 is 0 Å². The predicted molar refractivity (Wildman–Crippen MR) is 38.3 cm³/mol. The van der Waals surface area contributed by atoms with E-state index in [9.17, 15) is 235 Å². The van der Waals surface area contributed by atoms with Gasteiger partial charge in [0, 0.05) is 0 Å². The van der Waals surface area contributed by atoms with Crippen molar-refractivity contribution in [2.45, 2.75) is 0 Å². The molecule has 0 saturated heterocycles. The van der Waals surface area contributed by atoms with Crippen LogP contribution in [0, 0.1) is 0 Å². The van der Waals surface area contributed by atoms with Crippen LogP contribution in [0.1, 0.15) is 0 Å². The Balaban J connectivity index is -0.0000000693. The summed E-state index contributed by atoms with van der Waals surface area (Å²) in [6.07, 6.45) is 0. The molecule has 0 N–H and O–H groups in total. The van der Waals surface area contributed by atoms with Gasteiger partial charge in [0.1, 0.15) is 0 Å². The molecular formula is Cr20K3O70-17. The molecule has 93 heteroatoms. The van der Waals surface area contributed by atoms with Crippen LogP contribution in [0.3, 0.4) is 0 Å². The molecule has 0 aliphatic heterocycles. The Morgan fingerprint density at radius 1 is 0.0968 bits per heavy atom. The van der Waals surface area contributed by atoms with Gasteiger partial charge in [-0.2, -0.15) is 0 Å². The Morgan fingerprint density at radius 3 is 0.118 bits per heavy atom. The molecule has 0 aromatic carbocycles. The summed E-state index contributed by atoms with van der Waals surface area (Å²) in [7, 11) is 0. The van der Waals surface area contributed by atoms with Gasteiger partial charge in [-0.1, -0.05) is 0 Å². The molecule has 0 aliphatic carbocycles. The molecule has 0 aliphatic rings. The van der Waals surface area contributed by atoms with E-state index in [2.05, 4.69) is 28.4 Å². The molecule has 0 rings (SSSR count). The fourth-order valence-electron chi connectivity index (χ4n) is 1.02. The maximum absolute atomic E-state index is 9.38. The molecule has 0 unspecified atom stereocenters. The number of rotatable bonds is 20. The van der Waals surface area contributed by atoms with Gasteiger partial charge in [0.15, 0.2) is 0 Å². The summed E-state index contributed by atoms with van der Waals surface area (Å²) in [6, 6.07) is 0. The zero-order valence-electron chi connectivity index (χ0n) is 39.7. The van der Waals surface area contributed by atoms with Crippen molar-refractivity contribution in [2.75, 3.05) is 0 Å². The van der Waals surface area contributed by atoms with Gasteiger partial charge in [0.2, 0.25) is 0 Å². The van der Waals surface area contributed by atoms with Gasteiger partial charge in [-0.25, -0.2) is 0 Å². The third-order valence-electron chi connectivity index (χ3n) is 1.67. The van der Waals surface area contributed by atoms with Gasteiger partial charge >= 0.3 is 690 Å². The average Bonchev–Trinajstić information content (AvgIpc) is 2.88. The van der Waals surface area contributed by atoms with Crippen molar-refractivity contribution in [3.05, 3.63) is 0 Å². The van der Waals surface area contributed by atoms with Crippen molar-refractivity contribution in [3.63, 3.8) is 0 Å². The van der Waals surface area contributed by atoms with Crippen LogP contribution in [-0.4, -0.2) is 0 Å². The second kappa shape index (κ2) is 50.1. The Labute approximate surface area is 675 Å². The van der Waals surface area contributed by atoms with Crippen LogP contribution < -0.4 is 237 Å². The number of hydrogen-bond donors (Lipinski definition) is 0. The van der Waals surface area contributed by atoms with E-state index < -0.39 is 272 Å². The van der Waals surface area contributed by atoms with Crippen LogP contribution in [-0.2, 0) is 453 Å². The molecule has 0 bridgehead atoms. The van der Waals surface area contributed by atoms with E-state index in [-0.39, 0.29) is 154 Å². The van der Waals surface area contributed by atoms with Crippen LogP contribution in [0.5, 0.6) is 0 Å². The zero-order valence-corrected chi connectivity index (χ0v) is 74.6. The molecule has 0 amide bonds. The van der Waals surface area contributed by atoms with Gasteiger partial charge in [-0.15, -0.1) is 0 Å². The Morgan fingerprint density at radius 2 is 0.118 bits per heavy atom. The Bertz CT molecular complexity index is 3370. The summed E-state index contributed by atoms with van der Waals surface area (Å²) in [5.74, 6) is 0. The summed E-state index contributed by atoms with van der Waals surface area (Å²) in [5, 5.41) is 0. The summed E-state index contributed by atoms with van der Waals surface area (Å²) in [5.41, 5.74) is 0. The van der Waals surface area contributed by atoms with Gasteiger partial charge < -0.3 is 0 Å². The first-order valence-corrected chi connectivity index (χ1v) is 55.0. The van der Waals surface area contributed by atoms with E-state index in [0.29, 0.717) is 0 Å². The van der Waals surface area contributed by atoms with Crippen molar-refractivity contribution < 1.29 is 690 Å². The minimum atomic E-state index is -6.07. The molecule has 0 spiro atoms. The fraction of sp³-hybridized carbons (Fsp3) is 0. The monoisotopic (exact) mass is 2280 g/mol. The number of hydrogen-bond acceptors (Lipinski definition) is 70. The van der Waals surface area contributed by atoms with Crippen LogP contribution in [0.4, 0.5) is 0 Å². The minimum absolute atomic E-state index is 0. The van der Waals surface area contributed by atoms with Crippen molar-refractivity contribution >= 4 is 0 Å². The summed E-state index contributed by atoms with van der Waals surface area (Å²) in [6.45, 7) is 0. The van der Waals surface area contributed by atoms with Crippen LogP contribution in [0.25, 0.3) is 0 Å². The molecule has 0 fully saturated rings. The molecule has 0 aromatic heterocycles. The molecule has 0 aromatic rings. The van der Waals surface area contributed by atoms with Crippen molar-refractivity contribution in [2.24, 2.45) is 0 Å². The Hall–Kier alpha value is 6.36. The third-order valence-corrected chi connectivity index (χ3v) is 28.3. The zero-order chi connectivity index (χ0) is 77.1. The maximum atomic E-state index is 9.38. The molecule has 0 saturated carbocycles. The van der Waals surface area contributed by atoms with E-state index in [1.807, 2.05) is 0 Å². The first kappa shape index (κ1) is 129. The van der Waals surface area contributed by atoms with Gasteiger partial charge in [0.25, 0.3) is 0 Å². The molecular weight excluding hydrogens is 2280 g/mol. The van der Waals surface area contributed by atoms with Gasteiger partial charge in [-0.3, -0.25) is 0 Å². The van der Waals surface area contributed by atoms with E-state index in [0.717, 1.165) is 0 Å². The van der Waals surface area contributed by atoms with E-state index in [1.54, 1.807) is 0 Å². The normalized spacial score (nSPS) is 13.1. The second-order valence-electron chi connectivity index (χ2n) is 8.85. The van der Waals surface area contributed by atoms with Gasteiger partial charge in [0.05, 0.1) is 0 Å². The molecule has 70 nitrogen and oxygen atoms in total. The molecule has 0 heterocycles. The second-order valence-corrected chi connectivity index (χ2v) is 45.2. The van der Waals surface area contributed by atoms with Crippen LogP contribution in [0.2, 0.25) is 0 Å². The third kappa shape index (κ3) is 207. The van der Waals surface area contributed by atoms with Crippen molar-refractivity contribution in [1.82, 2.24) is 0 Å². The quantitative estimate of drug-likeness (QED) is 0.102. The van der Waals surface area contributed by atoms with Gasteiger partial charge in [-0.05, 0) is 0 Å². The molecule has 0 atom stereocenters. The Kier molecular flexibility index (Phi) is 69.5. The van der Waals surface area contributed by atoms with Crippen LogP contribution in [0.15, 0.2) is 0 Å². The summed E-state index contributed by atoms with van der Waals surface area (Å²) >= 11 is -121. The fourth-order valence-corrected chi connectivity index (χ4v) is 17.4. The molecule has 560 valence electrons. The topological polar surface area (TPSA) is 1240 Å². The predicted octanol–water partition coefficient (Wildman–Crippen LogP) is -38.3.